The SMILES string of the molecule is COc1c(C)cc(Cl)cc1C(O)CO. The molecule has 1 atom stereocenters. The molecule has 3 nitrogen and oxygen atoms in total. The summed E-state index contributed by atoms with van der Waals surface area (Å²) in [7, 11) is 1.52. The van der Waals surface area contributed by atoms with Crippen LogP contribution in [0.2, 0.25) is 5.02 Å². The average Bonchev–Trinajstić information content (AvgIpc) is 2.15. The maximum atomic E-state index is 9.50. The second-order valence-corrected chi connectivity index (χ2v) is 3.48. The molecule has 0 aromatic heterocycles. The maximum Gasteiger partial charge on any atom is 0.127 e. The number of methoxy groups -OCH3 is 1. The van der Waals surface area contributed by atoms with E-state index in [0.717, 1.165) is 5.56 Å². The van der Waals surface area contributed by atoms with E-state index in [1.165, 1.54) is 7.11 Å². The van der Waals surface area contributed by atoms with Gasteiger partial charge in [-0.25, -0.2) is 0 Å². The van der Waals surface area contributed by atoms with Gasteiger partial charge in [0.05, 0.1) is 13.7 Å². The maximum absolute atomic E-state index is 9.50. The summed E-state index contributed by atoms with van der Waals surface area (Å²) in [5.41, 5.74) is 1.35. The van der Waals surface area contributed by atoms with Gasteiger partial charge >= 0.3 is 0 Å². The third-order valence-electron chi connectivity index (χ3n) is 2.00. The molecule has 4 heteroatoms. The average molecular weight is 217 g/mol. The van der Waals surface area contributed by atoms with Crippen LogP contribution in [0, 0.1) is 6.92 Å². The molecular formula is C10H13ClO3. The van der Waals surface area contributed by atoms with E-state index < -0.39 is 6.10 Å². The van der Waals surface area contributed by atoms with Crippen LogP contribution in [0.1, 0.15) is 17.2 Å². The smallest absolute Gasteiger partial charge is 0.127 e. The number of aliphatic hydroxyl groups is 2. The van der Waals surface area contributed by atoms with Gasteiger partial charge in [0.2, 0.25) is 0 Å². The topological polar surface area (TPSA) is 49.7 Å². The van der Waals surface area contributed by atoms with E-state index >= 15 is 0 Å². The molecule has 0 amide bonds. The van der Waals surface area contributed by atoms with Gasteiger partial charge in [-0.05, 0) is 24.6 Å². The molecule has 0 saturated heterocycles. The van der Waals surface area contributed by atoms with Crippen LogP contribution in [0.3, 0.4) is 0 Å². The minimum atomic E-state index is -0.956. The molecule has 0 saturated carbocycles. The first kappa shape index (κ1) is 11.3. The van der Waals surface area contributed by atoms with E-state index in [2.05, 4.69) is 0 Å². The Labute approximate surface area is 87.9 Å². The van der Waals surface area contributed by atoms with Crippen molar-refractivity contribution < 1.29 is 14.9 Å². The van der Waals surface area contributed by atoms with Crippen molar-refractivity contribution in [3.05, 3.63) is 28.3 Å². The molecule has 0 bridgehead atoms. The van der Waals surface area contributed by atoms with Crippen molar-refractivity contribution in [1.82, 2.24) is 0 Å². The first-order valence-electron chi connectivity index (χ1n) is 4.23. The van der Waals surface area contributed by atoms with Crippen LogP contribution < -0.4 is 4.74 Å². The predicted molar refractivity (Wildman–Crippen MR) is 54.8 cm³/mol. The number of halogens is 1. The first-order valence-corrected chi connectivity index (χ1v) is 4.61. The number of benzene rings is 1. The van der Waals surface area contributed by atoms with E-state index in [-0.39, 0.29) is 6.61 Å². The Morgan fingerprint density at radius 1 is 1.50 bits per heavy atom. The Kier molecular flexibility index (Phi) is 3.75. The summed E-state index contributed by atoms with van der Waals surface area (Å²) in [5.74, 6) is 0.566. The molecule has 0 aliphatic carbocycles. The minimum Gasteiger partial charge on any atom is -0.496 e. The number of aryl methyl sites for hydroxylation is 1. The lowest BCUT2D eigenvalue weighted by Gasteiger charge is -2.15. The summed E-state index contributed by atoms with van der Waals surface area (Å²) in [6.07, 6.45) is -0.956. The second kappa shape index (κ2) is 4.64. The van der Waals surface area contributed by atoms with E-state index in [0.29, 0.717) is 16.3 Å². The van der Waals surface area contributed by atoms with Gasteiger partial charge in [0.1, 0.15) is 11.9 Å². The van der Waals surface area contributed by atoms with Gasteiger partial charge in [0.25, 0.3) is 0 Å². The Hall–Kier alpha value is -0.770. The van der Waals surface area contributed by atoms with Gasteiger partial charge in [-0.3, -0.25) is 0 Å². The van der Waals surface area contributed by atoms with E-state index in [4.69, 9.17) is 21.4 Å². The van der Waals surface area contributed by atoms with Crippen LogP contribution >= 0.6 is 11.6 Å². The molecule has 14 heavy (non-hydrogen) atoms. The molecule has 78 valence electrons. The normalized spacial score (nSPS) is 12.6. The first-order chi connectivity index (χ1) is 6.60. The van der Waals surface area contributed by atoms with Crippen LogP contribution in [0.25, 0.3) is 0 Å². The zero-order chi connectivity index (χ0) is 10.7. The van der Waals surface area contributed by atoms with Gasteiger partial charge < -0.3 is 14.9 Å². The van der Waals surface area contributed by atoms with Crippen LogP contribution in [0.5, 0.6) is 5.75 Å². The largest absolute Gasteiger partial charge is 0.496 e. The van der Waals surface area contributed by atoms with Gasteiger partial charge in [-0.2, -0.15) is 0 Å². The van der Waals surface area contributed by atoms with Gasteiger partial charge in [0.15, 0.2) is 0 Å². The lowest BCUT2D eigenvalue weighted by atomic mass is 10.1. The third-order valence-corrected chi connectivity index (χ3v) is 2.22. The number of rotatable bonds is 3. The van der Waals surface area contributed by atoms with Crippen molar-refractivity contribution in [2.45, 2.75) is 13.0 Å². The highest BCUT2D eigenvalue weighted by molar-refractivity contribution is 6.30. The minimum absolute atomic E-state index is 0.351. The number of hydrogen-bond donors (Lipinski definition) is 2. The van der Waals surface area contributed by atoms with Gasteiger partial charge in [-0.1, -0.05) is 11.6 Å². The zero-order valence-electron chi connectivity index (χ0n) is 8.12. The van der Waals surface area contributed by atoms with E-state index in [1.807, 2.05) is 6.92 Å². The molecule has 1 unspecified atom stereocenters. The Balaban J connectivity index is 3.24. The fraction of sp³-hybridized carbons (Fsp3) is 0.400. The second-order valence-electron chi connectivity index (χ2n) is 3.04. The quantitative estimate of drug-likeness (QED) is 0.809. The van der Waals surface area contributed by atoms with Crippen molar-refractivity contribution >= 4 is 11.6 Å². The lowest BCUT2D eigenvalue weighted by Crippen LogP contribution is -2.05. The number of aliphatic hydroxyl groups excluding tert-OH is 2. The van der Waals surface area contributed by atoms with Gasteiger partial charge in [0, 0.05) is 10.6 Å². The Bertz CT molecular complexity index is 325. The Morgan fingerprint density at radius 3 is 2.64 bits per heavy atom. The fourth-order valence-corrected chi connectivity index (χ4v) is 1.66. The summed E-state index contributed by atoms with van der Waals surface area (Å²) < 4.78 is 5.12. The summed E-state index contributed by atoms with van der Waals surface area (Å²) in [6, 6.07) is 3.34. The summed E-state index contributed by atoms with van der Waals surface area (Å²) in [4.78, 5) is 0. The zero-order valence-corrected chi connectivity index (χ0v) is 8.88. The standard InChI is InChI=1S/C10H13ClO3/c1-6-3-7(11)4-8(9(13)5-12)10(6)14-2/h3-4,9,12-13H,5H2,1-2H3. The van der Waals surface area contributed by atoms with Crippen molar-refractivity contribution in [2.75, 3.05) is 13.7 Å². The molecule has 1 aromatic rings. The van der Waals surface area contributed by atoms with Crippen molar-refractivity contribution in [3.8, 4) is 5.75 Å². The molecular weight excluding hydrogens is 204 g/mol. The molecule has 1 aromatic carbocycles. The van der Waals surface area contributed by atoms with Gasteiger partial charge in [-0.15, -0.1) is 0 Å². The van der Waals surface area contributed by atoms with Crippen LogP contribution in [0.4, 0.5) is 0 Å². The molecule has 0 radical (unpaired) electrons. The third kappa shape index (κ3) is 2.18. The summed E-state index contributed by atoms with van der Waals surface area (Å²) in [5, 5.41) is 18.9. The summed E-state index contributed by atoms with van der Waals surface area (Å²) in [6.45, 7) is 1.48. The molecule has 0 aliphatic rings. The number of hydrogen-bond acceptors (Lipinski definition) is 3. The highest BCUT2D eigenvalue weighted by atomic mass is 35.5. The molecule has 0 heterocycles. The van der Waals surface area contributed by atoms with E-state index in [1.54, 1.807) is 12.1 Å². The molecule has 0 aliphatic heterocycles. The van der Waals surface area contributed by atoms with Crippen molar-refractivity contribution in [3.63, 3.8) is 0 Å². The van der Waals surface area contributed by atoms with E-state index in [9.17, 15) is 5.11 Å². The molecule has 0 spiro atoms. The Morgan fingerprint density at radius 2 is 2.14 bits per heavy atom. The van der Waals surface area contributed by atoms with Crippen LogP contribution in [-0.2, 0) is 0 Å². The van der Waals surface area contributed by atoms with Crippen molar-refractivity contribution in [2.24, 2.45) is 0 Å². The lowest BCUT2D eigenvalue weighted by molar-refractivity contribution is 0.0933. The molecule has 2 N–H and O–H groups in total. The van der Waals surface area contributed by atoms with Crippen molar-refractivity contribution in [1.29, 1.82) is 0 Å². The van der Waals surface area contributed by atoms with Crippen LogP contribution in [0.15, 0.2) is 12.1 Å². The highest BCUT2D eigenvalue weighted by Gasteiger charge is 2.15. The summed E-state index contributed by atoms with van der Waals surface area (Å²) >= 11 is 5.83. The van der Waals surface area contributed by atoms with Crippen LogP contribution in [-0.4, -0.2) is 23.9 Å². The molecule has 0 fully saturated rings. The monoisotopic (exact) mass is 216 g/mol. The fourth-order valence-electron chi connectivity index (χ4n) is 1.38. The predicted octanol–water partition coefficient (Wildman–Crippen LogP) is 1.68. The number of ether oxygens (including phenoxy) is 1. The molecule has 1 rings (SSSR count). The highest BCUT2D eigenvalue weighted by Crippen LogP contribution is 2.31.